The van der Waals surface area contributed by atoms with Gasteiger partial charge in [0.15, 0.2) is 5.13 Å². The Morgan fingerprint density at radius 2 is 2.11 bits per heavy atom. The predicted octanol–water partition coefficient (Wildman–Crippen LogP) is 3.12. The highest BCUT2D eigenvalue weighted by Crippen LogP contribution is 2.29. The molecule has 0 saturated carbocycles. The highest BCUT2D eigenvalue weighted by Gasteiger charge is 2.14. The third-order valence-electron chi connectivity index (χ3n) is 3.09. The molecule has 1 aliphatic heterocycles. The summed E-state index contributed by atoms with van der Waals surface area (Å²) < 4.78 is 13.7. The van der Waals surface area contributed by atoms with Gasteiger partial charge in [0.05, 0.1) is 10.2 Å². The van der Waals surface area contributed by atoms with E-state index in [0.717, 1.165) is 42.6 Å². The van der Waals surface area contributed by atoms with E-state index in [9.17, 15) is 4.39 Å². The van der Waals surface area contributed by atoms with Crippen molar-refractivity contribution in [1.29, 1.82) is 0 Å². The average Bonchev–Trinajstić information content (AvgIpc) is 2.93. The van der Waals surface area contributed by atoms with E-state index >= 15 is 0 Å². The first kappa shape index (κ1) is 13.0. The highest BCUT2D eigenvalue weighted by molar-refractivity contribution is 9.10. The molecular weight excluding hydrogens is 329 g/mol. The Balaban J connectivity index is 1.85. The minimum absolute atomic E-state index is 0.249. The van der Waals surface area contributed by atoms with E-state index in [0.29, 0.717) is 4.47 Å². The summed E-state index contributed by atoms with van der Waals surface area (Å²) >= 11 is 4.85. The van der Waals surface area contributed by atoms with Crippen LogP contribution in [0.25, 0.3) is 11.3 Å². The van der Waals surface area contributed by atoms with Gasteiger partial charge in [-0.05, 0) is 34.1 Å². The molecule has 1 fully saturated rings. The molecule has 1 aliphatic rings. The van der Waals surface area contributed by atoms with Crippen molar-refractivity contribution in [1.82, 2.24) is 10.3 Å². The summed E-state index contributed by atoms with van der Waals surface area (Å²) in [7, 11) is 0. The molecule has 1 N–H and O–H groups in total. The first-order chi connectivity index (χ1) is 9.24. The van der Waals surface area contributed by atoms with E-state index in [1.165, 1.54) is 6.07 Å². The van der Waals surface area contributed by atoms with Crippen molar-refractivity contribution < 1.29 is 4.39 Å². The highest BCUT2D eigenvalue weighted by atomic mass is 79.9. The summed E-state index contributed by atoms with van der Waals surface area (Å²) in [6, 6.07) is 4.99. The molecule has 19 heavy (non-hydrogen) atoms. The average molecular weight is 342 g/mol. The largest absolute Gasteiger partial charge is 0.346 e. The lowest BCUT2D eigenvalue weighted by atomic mass is 10.2. The number of hydrogen-bond acceptors (Lipinski definition) is 4. The van der Waals surface area contributed by atoms with Crippen molar-refractivity contribution in [3.63, 3.8) is 0 Å². The fraction of sp³-hybridized carbons (Fsp3) is 0.308. The summed E-state index contributed by atoms with van der Waals surface area (Å²) in [5.74, 6) is -0.249. The summed E-state index contributed by atoms with van der Waals surface area (Å²) in [6.07, 6.45) is 0. The first-order valence-corrected chi connectivity index (χ1v) is 7.78. The molecule has 0 atom stereocenters. The molecule has 1 aromatic carbocycles. The Bertz CT molecular complexity index is 581. The minimum atomic E-state index is -0.249. The van der Waals surface area contributed by atoms with E-state index in [4.69, 9.17) is 0 Å². The second-order valence-electron chi connectivity index (χ2n) is 4.38. The van der Waals surface area contributed by atoms with Gasteiger partial charge in [-0.1, -0.05) is 0 Å². The molecule has 0 aliphatic carbocycles. The van der Waals surface area contributed by atoms with Crippen LogP contribution in [0.2, 0.25) is 0 Å². The normalized spacial score (nSPS) is 15.8. The first-order valence-electron chi connectivity index (χ1n) is 6.10. The second-order valence-corrected chi connectivity index (χ2v) is 6.07. The van der Waals surface area contributed by atoms with Crippen LogP contribution >= 0.6 is 27.3 Å². The van der Waals surface area contributed by atoms with E-state index in [2.05, 4.69) is 31.1 Å². The third kappa shape index (κ3) is 2.80. The maximum atomic E-state index is 13.2. The van der Waals surface area contributed by atoms with E-state index in [-0.39, 0.29) is 5.82 Å². The second kappa shape index (κ2) is 5.56. The molecule has 0 amide bonds. The SMILES string of the molecule is Fc1ccc(-c2csc(N3CCNCC3)n2)cc1Br. The zero-order chi connectivity index (χ0) is 13.2. The van der Waals surface area contributed by atoms with Gasteiger partial charge in [-0.3, -0.25) is 0 Å². The van der Waals surface area contributed by atoms with Crippen LogP contribution in [0, 0.1) is 5.82 Å². The number of benzene rings is 1. The Kier molecular flexibility index (Phi) is 3.81. The Labute approximate surface area is 123 Å². The number of nitrogens with zero attached hydrogens (tertiary/aromatic N) is 2. The number of halogens is 2. The van der Waals surface area contributed by atoms with Gasteiger partial charge in [0.2, 0.25) is 0 Å². The maximum absolute atomic E-state index is 13.2. The maximum Gasteiger partial charge on any atom is 0.185 e. The van der Waals surface area contributed by atoms with Gasteiger partial charge < -0.3 is 10.2 Å². The number of rotatable bonds is 2. The molecule has 0 unspecified atom stereocenters. The number of nitrogens with one attached hydrogen (secondary N) is 1. The minimum Gasteiger partial charge on any atom is -0.346 e. The molecule has 1 aromatic heterocycles. The number of thiazole rings is 1. The molecule has 3 nitrogen and oxygen atoms in total. The molecular formula is C13H13BrFN3S. The molecule has 1 saturated heterocycles. The molecule has 0 bridgehead atoms. The summed E-state index contributed by atoms with van der Waals surface area (Å²) in [5, 5.41) is 6.39. The quantitative estimate of drug-likeness (QED) is 0.909. The van der Waals surface area contributed by atoms with E-state index in [1.807, 2.05) is 5.38 Å². The van der Waals surface area contributed by atoms with Crippen molar-refractivity contribution in [2.24, 2.45) is 0 Å². The number of aromatic nitrogens is 1. The van der Waals surface area contributed by atoms with E-state index in [1.54, 1.807) is 23.5 Å². The van der Waals surface area contributed by atoms with Crippen molar-refractivity contribution >= 4 is 32.4 Å². The van der Waals surface area contributed by atoms with Gasteiger partial charge in [0.1, 0.15) is 5.82 Å². The van der Waals surface area contributed by atoms with E-state index < -0.39 is 0 Å². The molecule has 0 radical (unpaired) electrons. The van der Waals surface area contributed by atoms with Crippen LogP contribution < -0.4 is 10.2 Å². The van der Waals surface area contributed by atoms with Gasteiger partial charge in [0.25, 0.3) is 0 Å². The Morgan fingerprint density at radius 1 is 1.32 bits per heavy atom. The fourth-order valence-corrected chi connectivity index (χ4v) is 3.32. The fourth-order valence-electron chi connectivity index (χ4n) is 2.05. The molecule has 6 heteroatoms. The smallest absolute Gasteiger partial charge is 0.185 e. The summed E-state index contributed by atoms with van der Waals surface area (Å²) in [5.41, 5.74) is 1.84. The van der Waals surface area contributed by atoms with Crippen molar-refractivity contribution in [3.8, 4) is 11.3 Å². The lowest BCUT2D eigenvalue weighted by Crippen LogP contribution is -2.43. The van der Waals surface area contributed by atoms with Gasteiger partial charge in [0, 0.05) is 37.1 Å². The summed E-state index contributed by atoms with van der Waals surface area (Å²) in [4.78, 5) is 6.93. The van der Waals surface area contributed by atoms with Crippen LogP contribution in [0.5, 0.6) is 0 Å². The topological polar surface area (TPSA) is 28.2 Å². The van der Waals surface area contributed by atoms with Crippen molar-refractivity contribution in [2.75, 3.05) is 31.1 Å². The number of piperazine rings is 1. The Morgan fingerprint density at radius 3 is 2.84 bits per heavy atom. The van der Waals surface area contributed by atoms with Gasteiger partial charge in [-0.2, -0.15) is 0 Å². The van der Waals surface area contributed by atoms with Crippen LogP contribution in [0.4, 0.5) is 9.52 Å². The van der Waals surface area contributed by atoms with Crippen LogP contribution in [0.15, 0.2) is 28.1 Å². The molecule has 3 rings (SSSR count). The lowest BCUT2D eigenvalue weighted by Gasteiger charge is -2.26. The lowest BCUT2D eigenvalue weighted by molar-refractivity contribution is 0.588. The number of hydrogen-bond donors (Lipinski definition) is 1. The molecule has 2 aromatic rings. The zero-order valence-electron chi connectivity index (χ0n) is 10.2. The van der Waals surface area contributed by atoms with Gasteiger partial charge >= 0.3 is 0 Å². The van der Waals surface area contributed by atoms with Crippen molar-refractivity contribution in [2.45, 2.75) is 0 Å². The standard InChI is InChI=1S/C13H13BrFN3S/c14-10-7-9(1-2-11(10)15)12-8-19-13(17-12)18-5-3-16-4-6-18/h1-2,7-8,16H,3-6H2. The zero-order valence-corrected chi connectivity index (χ0v) is 12.6. The predicted molar refractivity (Wildman–Crippen MR) is 80.3 cm³/mol. The molecule has 0 spiro atoms. The molecule has 100 valence electrons. The summed E-state index contributed by atoms with van der Waals surface area (Å²) in [6.45, 7) is 3.97. The monoisotopic (exact) mass is 341 g/mol. The van der Waals surface area contributed by atoms with Crippen LogP contribution in [-0.2, 0) is 0 Å². The van der Waals surface area contributed by atoms with Gasteiger partial charge in [-0.15, -0.1) is 11.3 Å². The van der Waals surface area contributed by atoms with Crippen LogP contribution in [0.1, 0.15) is 0 Å². The van der Waals surface area contributed by atoms with Gasteiger partial charge in [-0.25, -0.2) is 9.37 Å². The van der Waals surface area contributed by atoms with Crippen LogP contribution in [-0.4, -0.2) is 31.2 Å². The third-order valence-corrected chi connectivity index (χ3v) is 4.60. The number of anilines is 1. The van der Waals surface area contributed by atoms with Crippen LogP contribution in [0.3, 0.4) is 0 Å². The molecule has 2 heterocycles. The Hall–Kier alpha value is -0.980. The van der Waals surface area contributed by atoms with Crippen molar-refractivity contribution in [3.05, 3.63) is 33.9 Å².